The van der Waals surface area contributed by atoms with Gasteiger partial charge in [0.2, 0.25) is 5.78 Å². The van der Waals surface area contributed by atoms with Crippen LogP contribution in [-0.4, -0.2) is 38.2 Å². The minimum Gasteiger partial charge on any atom is -0.354 e. The predicted molar refractivity (Wildman–Crippen MR) is 98.7 cm³/mol. The molecule has 0 saturated heterocycles. The summed E-state index contributed by atoms with van der Waals surface area (Å²) >= 11 is 0. The minimum atomic E-state index is -0.646. The van der Waals surface area contributed by atoms with Crippen molar-refractivity contribution in [2.75, 3.05) is 19.1 Å². The van der Waals surface area contributed by atoms with Crippen LogP contribution in [0.3, 0.4) is 0 Å². The van der Waals surface area contributed by atoms with E-state index in [1.807, 2.05) is 50.2 Å². The van der Waals surface area contributed by atoms with E-state index >= 15 is 0 Å². The lowest BCUT2D eigenvalue weighted by Gasteiger charge is -2.34. The van der Waals surface area contributed by atoms with E-state index in [-0.39, 0.29) is 6.42 Å². The Bertz CT molecular complexity index is 767. The monoisotopic (exact) mass is 343 g/mol. The van der Waals surface area contributed by atoms with Gasteiger partial charge in [0.1, 0.15) is 0 Å². The molecule has 134 valence electrons. The molecule has 2 rings (SSSR count). The molecule has 0 aliphatic carbocycles. The Morgan fingerprint density at radius 2 is 1.72 bits per heavy atom. The molecule has 0 heterocycles. The predicted octanol–water partition coefficient (Wildman–Crippen LogP) is 3.47. The fourth-order valence-corrected chi connectivity index (χ4v) is 3.07. The molecule has 5 nitrogen and oxygen atoms in total. The number of ketones is 1. The molecular formula is C20H25NO4. The largest absolute Gasteiger partial charge is 0.354 e. The quantitative estimate of drug-likeness (QED) is 0.571. The van der Waals surface area contributed by atoms with Gasteiger partial charge in [-0.2, -0.15) is 0 Å². The van der Waals surface area contributed by atoms with Crippen molar-refractivity contribution in [1.29, 1.82) is 0 Å². The van der Waals surface area contributed by atoms with E-state index in [0.717, 1.165) is 22.0 Å². The lowest BCUT2D eigenvalue weighted by atomic mass is 10.0. The van der Waals surface area contributed by atoms with Crippen LogP contribution in [0.15, 0.2) is 36.4 Å². The Hall–Kier alpha value is -2.24. The fraction of sp³-hybridized carbons (Fsp3) is 0.400. The van der Waals surface area contributed by atoms with Gasteiger partial charge in [0.15, 0.2) is 6.29 Å². The number of nitrogens with zero attached hydrogens (tertiary/aromatic N) is 1. The molecule has 25 heavy (non-hydrogen) atoms. The molecule has 0 N–H and O–H groups in total. The van der Waals surface area contributed by atoms with Crippen molar-refractivity contribution in [2.45, 2.75) is 39.5 Å². The SMILES string of the molecule is CCC(=O)C(=O)N(c1c(C)ccc2ccccc12)C(C)C(OC)OC. The van der Waals surface area contributed by atoms with Gasteiger partial charge in [-0.3, -0.25) is 14.5 Å². The first-order valence-electron chi connectivity index (χ1n) is 8.36. The van der Waals surface area contributed by atoms with E-state index in [0.29, 0.717) is 0 Å². The third-order valence-electron chi connectivity index (χ3n) is 4.39. The Labute approximate surface area is 148 Å². The number of ether oxygens (including phenoxy) is 2. The summed E-state index contributed by atoms with van der Waals surface area (Å²) in [4.78, 5) is 26.6. The number of methoxy groups -OCH3 is 2. The second kappa shape index (κ2) is 8.23. The van der Waals surface area contributed by atoms with Gasteiger partial charge in [0.25, 0.3) is 5.91 Å². The average Bonchev–Trinajstić information content (AvgIpc) is 2.63. The van der Waals surface area contributed by atoms with Crippen LogP contribution in [0.1, 0.15) is 25.8 Å². The second-order valence-corrected chi connectivity index (χ2v) is 5.98. The number of carbonyl (C=O) groups excluding carboxylic acids is 2. The van der Waals surface area contributed by atoms with Crippen molar-refractivity contribution in [1.82, 2.24) is 0 Å². The first-order valence-corrected chi connectivity index (χ1v) is 8.36. The number of amides is 1. The summed E-state index contributed by atoms with van der Waals surface area (Å²) in [6.45, 7) is 5.43. The van der Waals surface area contributed by atoms with E-state index in [2.05, 4.69) is 0 Å². The molecule has 0 aliphatic rings. The number of fused-ring (bicyclic) bond motifs is 1. The first kappa shape index (κ1) is 19.1. The van der Waals surface area contributed by atoms with Crippen LogP contribution in [0, 0.1) is 6.92 Å². The molecule has 0 aromatic heterocycles. The molecule has 0 bridgehead atoms. The summed E-state index contributed by atoms with van der Waals surface area (Å²) in [5.41, 5.74) is 1.63. The second-order valence-electron chi connectivity index (χ2n) is 5.98. The number of anilines is 1. The number of Topliss-reactive ketones (excluding diaryl/α,β-unsaturated/α-hetero) is 1. The van der Waals surface area contributed by atoms with Gasteiger partial charge in [-0.15, -0.1) is 0 Å². The maximum absolute atomic E-state index is 12.9. The van der Waals surface area contributed by atoms with Crippen molar-refractivity contribution in [3.05, 3.63) is 42.0 Å². The highest BCUT2D eigenvalue weighted by atomic mass is 16.7. The molecule has 0 saturated carbocycles. The minimum absolute atomic E-state index is 0.149. The van der Waals surface area contributed by atoms with Crippen molar-refractivity contribution >= 4 is 28.2 Å². The molecule has 0 radical (unpaired) electrons. The van der Waals surface area contributed by atoms with E-state index in [1.54, 1.807) is 6.92 Å². The number of carbonyl (C=O) groups is 2. The van der Waals surface area contributed by atoms with Crippen LogP contribution in [0.4, 0.5) is 5.69 Å². The van der Waals surface area contributed by atoms with Gasteiger partial charge in [-0.05, 0) is 24.8 Å². The van der Waals surface area contributed by atoms with E-state index in [1.165, 1.54) is 19.1 Å². The van der Waals surface area contributed by atoms with Gasteiger partial charge in [0, 0.05) is 26.0 Å². The van der Waals surface area contributed by atoms with E-state index < -0.39 is 24.0 Å². The van der Waals surface area contributed by atoms with Crippen LogP contribution in [0.25, 0.3) is 10.8 Å². The molecule has 2 aromatic rings. The highest BCUT2D eigenvalue weighted by Gasteiger charge is 2.33. The maximum Gasteiger partial charge on any atom is 0.294 e. The highest BCUT2D eigenvalue weighted by molar-refractivity contribution is 6.42. The third kappa shape index (κ3) is 3.72. The zero-order valence-corrected chi connectivity index (χ0v) is 15.4. The molecule has 1 unspecified atom stereocenters. The van der Waals surface area contributed by atoms with Crippen LogP contribution >= 0.6 is 0 Å². The summed E-state index contributed by atoms with van der Waals surface area (Å²) in [5.74, 6) is -0.987. The third-order valence-corrected chi connectivity index (χ3v) is 4.39. The Kier molecular flexibility index (Phi) is 6.28. The number of rotatable bonds is 7. The smallest absolute Gasteiger partial charge is 0.294 e. The Balaban J connectivity index is 2.69. The van der Waals surface area contributed by atoms with Crippen LogP contribution < -0.4 is 4.90 Å². The molecule has 5 heteroatoms. The molecule has 1 amide bonds. The molecule has 0 aliphatic heterocycles. The van der Waals surface area contributed by atoms with Crippen molar-refractivity contribution < 1.29 is 19.1 Å². The molecule has 2 aromatic carbocycles. The van der Waals surface area contributed by atoms with Gasteiger partial charge in [-0.25, -0.2) is 0 Å². The zero-order valence-electron chi connectivity index (χ0n) is 15.4. The standard InChI is InChI=1S/C20H25NO4/c1-6-17(22)19(23)21(14(3)20(24-4)25-5)18-13(2)11-12-15-9-7-8-10-16(15)18/h7-12,14,20H,6H2,1-5H3. The first-order chi connectivity index (χ1) is 12.0. The molecular weight excluding hydrogens is 318 g/mol. The summed E-state index contributed by atoms with van der Waals surface area (Å²) in [7, 11) is 3.04. The maximum atomic E-state index is 12.9. The molecule has 0 spiro atoms. The van der Waals surface area contributed by atoms with Gasteiger partial charge in [-0.1, -0.05) is 43.3 Å². The van der Waals surface area contributed by atoms with Crippen LogP contribution in [0.2, 0.25) is 0 Å². The Morgan fingerprint density at radius 3 is 2.32 bits per heavy atom. The number of aryl methyl sites for hydroxylation is 1. The lowest BCUT2D eigenvalue weighted by molar-refractivity contribution is -0.140. The normalized spacial score (nSPS) is 12.4. The zero-order chi connectivity index (χ0) is 18.6. The lowest BCUT2D eigenvalue weighted by Crippen LogP contribution is -2.49. The average molecular weight is 343 g/mol. The van der Waals surface area contributed by atoms with Gasteiger partial charge in [0.05, 0.1) is 11.7 Å². The fourth-order valence-electron chi connectivity index (χ4n) is 3.07. The van der Waals surface area contributed by atoms with E-state index in [9.17, 15) is 9.59 Å². The van der Waals surface area contributed by atoms with Gasteiger partial charge < -0.3 is 9.47 Å². The van der Waals surface area contributed by atoms with Crippen LogP contribution in [0.5, 0.6) is 0 Å². The Morgan fingerprint density at radius 1 is 1.08 bits per heavy atom. The van der Waals surface area contributed by atoms with Gasteiger partial charge >= 0.3 is 0 Å². The number of hydrogen-bond acceptors (Lipinski definition) is 4. The number of hydrogen-bond donors (Lipinski definition) is 0. The number of benzene rings is 2. The topological polar surface area (TPSA) is 55.8 Å². The molecule has 1 atom stereocenters. The highest BCUT2D eigenvalue weighted by Crippen LogP contribution is 2.33. The molecule has 0 fully saturated rings. The van der Waals surface area contributed by atoms with Crippen LogP contribution in [-0.2, 0) is 19.1 Å². The van der Waals surface area contributed by atoms with Crippen molar-refractivity contribution in [3.8, 4) is 0 Å². The van der Waals surface area contributed by atoms with Crippen molar-refractivity contribution in [3.63, 3.8) is 0 Å². The summed E-state index contributed by atoms with van der Waals surface area (Å²) in [6.07, 6.45) is -0.497. The summed E-state index contributed by atoms with van der Waals surface area (Å²) in [5, 5.41) is 1.92. The summed E-state index contributed by atoms with van der Waals surface area (Å²) in [6, 6.07) is 11.3. The summed E-state index contributed by atoms with van der Waals surface area (Å²) < 4.78 is 10.7. The van der Waals surface area contributed by atoms with E-state index in [4.69, 9.17) is 9.47 Å². The van der Waals surface area contributed by atoms with Crippen molar-refractivity contribution in [2.24, 2.45) is 0 Å².